The Morgan fingerprint density at radius 3 is 2.76 bits per heavy atom. The first kappa shape index (κ1) is 12.3. The molecule has 1 N–H and O–H groups in total. The number of alkyl halides is 3. The van der Waals surface area contributed by atoms with Gasteiger partial charge in [-0.25, -0.2) is 0 Å². The molecule has 0 unspecified atom stereocenters. The first-order valence-corrected chi connectivity index (χ1v) is 6.38. The maximum atomic E-state index is 12.2. The zero-order valence-electron chi connectivity index (χ0n) is 8.49. The Balaban J connectivity index is 1.85. The summed E-state index contributed by atoms with van der Waals surface area (Å²) in [6.07, 6.45) is -3.71. The molecule has 0 amide bonds. The lowest BCUT2D eigenvalue weighted by Crippen LogP contribution is -2.08. The molecule has 0 bridgehead atoms. The lowest BCUT2D eigenvalue weighted by atomic mass is 10.3. The summed E-state index contributed by atoms with van der Waals surface area (Å²) in [6.45, 7) is 0.549. The van der Waals surface area contributed by atoms with Crippen LogP contribution in [0.3, 0.4) is 0 Å². The molecule has 0 spiro atoms. The summed E-state index contributed by atoms with van der Waals surface area (Å²) in [4.78, 5) is 4.55. The van der Waals surface area contributed by atoms with Gasteiger partial charge in [-0.2, -0.15) is 22.5 Å². The summed E-state index contributed by atoms with van der Waals surface area (Å²) in [7, 11) is 0. The van der Waals surface area contributed by atoms with Gasteiger partial charge in [0.2, 0.25) is 11.0 Å². The van der Waals surface area contributed by atoms with Crippen molar-refractivity contribution in [2.75, 3.05) is 11.9 Å². The molecule has 0 radical (unpaired) electrons. The van der Waals surface area contributed by atoms with Crippen molar-refractivity contribution in [3.63, 3.8) is 0 Å². The number of anilines is 1. The number of aromatic nitrogens is 2. The number of halogens is 3. The molecule has 0 saturated heterocycles. The van der Waals surface area contributed by atoms with Gasteiger partial charge in [0.15, 0.2) is 0 Å². The molecule has 2 rings (SSSR count). The second-order valence-corrected chi connectivity index (χ2v) is 4.96. The largest absolute Gasteiger partial charge is 0.452 e. The second-order valence-electron chi connectivity index (χ2n) is 3.18. The van der Waals surface area contributed by atoms with Gasteiger partial charge in [-0.1, -0.05) is 6.07 Å². The molecule has 2 aromatic heterocycles. The normalized spacial score (nSPS) is 11.7. The van der Waals surface area contributed by atoms with Crippen LogP contribution in [-0.2, 0) is 12.6 Å². The van der Waals surface area contributed by atoms with Crippen molar-refractivity contribution in [2.45, 2.75) is 12.6 Å². The van der Waals surface area contributed by atoms with Gasteiger partial charge in [-0.05, 0) is 17.9 Å². The van der Waals surface area contributed by atoms with Gasteiger partial charge < -0.3 is 5.32 Å². The van der Waals surface area contributed by atoms with Crippen molar-refractivity contribution >= 4 is 28.0 Å². The lowest BCUT2D eigenvalue weighted by Gasteiger charge is -2.00. The highest BCUT2D eigenvalue weighted by molar-refractivity contribution is 7.10. The molecule has 0 aliphatic heterocycles. The van der Waals surface area contributed by atoms with E-state index < -0.39 is 12.0 Å². The van der Waals surface area contributed by atoms with E-state index in [1.54, 1.807) is 11.3 Å². The third-order valence-corrected chi connectivity index (χ3v) is 3.52. The Morgan fingerprint density at radius 1 is 1.35 bits per heavy atom. The quantitative estimate of drug-likeness (QED) is 0.933. The average molecular weight is 279 g/mol. The maximum absolute atomic E-state index is 12.2. The molecule has 0 fully saturated rings. The fraction of sp³-hybridized carbons (Fsp3) is 0.333. The van der Waals surface area contributed by atoms with E-state index in [9.17, 15) is 13.2 Å². The molecule has 8 heteroatoms. The van der Waals surface area contributed by atoms with Gasteiger partial charge in [0.1, 0.15) is 0 Å². The van der Waals surface area contributed by atoms with E-state index in [1.165, 1.54) is 4.88 Å². The van der Waals surface area contributed by atoms with E-state index in [2.05, 4.69) is 14.7 Å². The van der Waals surface area contributed by atoms with Crippen molar-refractivity contribution in [3.05, 3.63) is 28.2 Å². The standard InChI is InChI=1S/C9H8F3N3S2/c10-9(11,12)7-14-8(17-15-7)13-4-3-6-2-1-5-16-6/h1-2,5H,3-4H2,(H,13,14,15). The Labute approximate surface area is 103 Å². The SMILES string of the molecule is FC(F)(F)c1nsc(NCCc2cccs2)n1. The van der Waals surface area contributed by atoms with Crippen molar-refractivity contribution in [1.82, 2.24) is 9.36 Å². The first-order chi connectivity index (χ1) is 8.05. The Morgan fingerprint density at radius 2 is 2.18 bits per heavy atom. The van der Waals surface area contributed by atoms with Crippen LogP contribution in [0.15, 0.2) is 17.5 Å². The van der Waals surface area contributed by atoms with Gasteiger partial charge in [0, 0.05) is 23.0 Å². The highest BCUT2D eigenvalue weighted by Crippen LogP contribution is 2.28. The fourth-order valence-electron chi connectivity index (χ4n) is 1.16. The maximum Gasteiger partial charge on any atom is 0.452 e. The Kier molecular flexibility index (Phi) is 3.63. The summed E-state index contributed by atoms with van der Waals surface area (Å²) in [5, 5.41) is 4.99. The van der Waals surface area contributed by atoms with Gasteiger partial charge >= 0.3 is 6.18 Å². The van der Waals surface area contributed by atoms with Crippen LogP contribution in [0.2, 0.25) is 0 Å². The second kappa shape index (κ2) is 5.01. The molecule has 0 aliphatic carbocycles. The average Bonchev–Trinajstić information content (AvgIpc) is 2.86. The Hall–Kier alpha value is -1.15. The summed E-state index contributed by atoms with van der Waals surface area (Å²) in [5.74, 6) is -1.08. The van der Waals surface area contributed by atoms with E-state index in [4.69, 9.17) is 0 Å². The van der Waals surface area contributed by atoms with E-state index in [1.807, 2.05) is 17.5 Å². The topological polar surface area (TPSA) is 37.8 Å². The summed E-state index contributed by atoms with van der Waals surface area (Å²) in [5.41, 5.74) is 0. The molecule has 0 aliphatic rings. The summed E-state index contributed by atoms with van der Waals surface area (Å²) in [6, 6.07) is 3.92. The van der Waals surface area contributed by atoms with Crippen LogP contribution in [0.1, 0.15) is 10.7 Å². The van der Waals surface area contributed by atoms with Crippen molar-refractivity contribution in [2.24, 2.45) is 0 Å². The highest BCUT2D eigenvalue weighted by Gasteiger charge is 2.36. The molecule has 2 heterocycles. The van der Waals surface area contributed by atoms with E-state index in [0.717, 1.165) is 18.0 Å². The minimum absolute atomic E-state index is 0.203. The first-order valence-electron chi connectivity index (χ1n) is 4.73. The van der Waals surface area contributed by atoms with Crippen molar-refractivity contribution < 1.29 is 13.2 Å². The molecule has 3 nitrogen and oxygen atoms in total. The monoisotopic (exact) mass is 279 g/mol. The predicted molar refractivity (Wildman–Crippen MR) is 61.4 cm³/mol. The van der Waals surface area contributed by atoms with Crippen LogP contribution in [-0.4, -0.2) is 15.9 Å². The van der Waals surface area contributed by atoms with E-state index in [0.29, 0.717) is 6.54 Å². The molecule has 0 aromatic carbocycles. The predicted octanol–water partition coefficient (Wildman–Crippen LogP) is 3.27. The van der Waals surface area contributed by atoms with Crippen LogP contribution in [0, 0.1) is 0 Å². The van der Waals surface area contributed by atoms with Crippen LogP contribution in [0.4, 0.5) is 18.3 Å². The molecular formula is C9H8F3N3S2. The third kappa shape index (κ3) is 3.40. The van der Waals surface area contributed by atoms with Crippen molar-refractivity contribution in [3.8, 4) is 0 Å². The van der Waals surface area contributed by atoms with E-state index >= 15 is 0 Å². The third-order valence-electron chi connectivity index (χ3n) is 1.91. The van der Waals surface area contributed by atoms with Gasteiger partial charge in [-0.15, -0.1) is 11.3 Å². The zero-order chi connectivity index (χ0) is 12.3. The number of hydrogen-bond acceptors (Lipinski definition) is 5. The summed E-state index contributed by atoms with van der Waals surface area (Å²) < 4.78 is 39.9. The minimum atomic E-state index is -4.47. The number of thiophene rings is 1. The smallest absolute Gasteiger partial charge is 0.360 e. The molecular weight excluding hydrogens is 271 g/mol. The lowest BCUT2D eigenvalue weighted by molar-refractivity contribution is -0.144. The molecule has 0 saturated carbocycles. The summed E-state index contributed by atoms with van der Waals surface area (Å²) >= 11 is 2.34. The number of nitrogens with one attached hydrogen (secondary N) is 1. The van der Waals surface area contributed by atoms with Crippen LogP contribution in [0.5, 0.6) is 0 Å². The molecule has 2 aromatic rings. The molecule has 0 atom stereocenters. The van der Waals surface area contributed by atoms with Gasteiger partial charge in [0.05, 0.1) is 0 Å². The van der Waals surface area contributed by atoms with Gasteiger partial charge in [0.25, 0.3) is 0 Å². The van der Waals surface area contributed by atoms with Crippen LogP contribution < -0.4 is 5.32 Å². The molecule has 17 heavy (non-hydrogen) atoms. The molecule has 92 valence electrons. The number of rotatable bonds is 4. The van der Waals surface area contributed by atoms with Crippen LogP contribution in [0.25, 0.3) is 0 Å². The highest BCUT2D eigenvalue weighted by atomic mass is 32.1. The number of nitrogens with zero attached hydrogens (tertiary/aromatic N) is 2. The number of hydrogen-bond donors (Lipinski definition) is 1. The zero-order valence-corrected chi connectivity index (χ0v) is 10.1. The van der Waals surface area contributed by atoms with E-state index in [-0.39, 0.29) is 5.13 Å². The fourth-order valence-corrected chi connectivity index (χ4v) is 2.48. The Bertz CT molecular complexity index is 464. The van der Waals surface area contributed by atoms with Crippen molar-refractivity contribution in [1.29, 1.82) is 0 Å². The van der Waals surface area contributed by atoms with Crippen LogP contribution >= 0.6 is 22.9 Å². The van der Waals surface area contributed by atoms with Gasteiger partial charge in [-0.3, -0.25) is 0 Å². The minimum Gasteiger partial charge on any atom is -0.360 e.